The van der Waals surface area contributed by atoms with Crippen LogP contribution < -0.4 is 21.3 Å². The quantitative estimate of drug-likeness (QED) is 0.121. The summed E-state index contributed by atoms with van der Waals surface area (Å²) in [5.41, 5.74) is 9.05. The van der Waals surface area contributed by atoms with Gasteiger partial charge in [-0.05, 0) is 100 Å². The topological polar surface area (TPSA) is 187 Å². The second-order valence-corrected chi connectivity index (χ2v) is 16.5. The molecular formula is C46H60N8O6. The number of pyridine rings is 1. The van der Waals surface area contributed by atoms with Gasteiger partial charge in [0.05, 0.1) is 17.6 Å². The monoisotopic (exact) mass is 820 g/mol. The number of nitrogens with two attached hydrogens (primary N) is 1. The molecule has 1 aromatic carbocycles. The first-order chi connectivity index (χ1) is 29.0. The Balaban J connectivity index is 0.872. The van der Waals surface area contributed by atoms with Crippen LogP contribution in [0.25, 0.3) is 6.08 Å². The number of fused-ring (bicyclic) bond motifs is 1. The van der Waals surface area contributed by atoms with Crippen molar-refractivity contribution in [3.63, 3.8) is 0 Å². The van der Waals surface area contributed by atoms with Gasteiger partial charge in [-0.2, -0.15) is 0 Å². The number of hydrogen-bond acceptors (Lipinski definition) is 10. The maximum atomic E-state index is 13.3. The number of aromatic nitrogens is 1. The number of Topliss-reactive ketones (excluding diaryl/α,β-unsaturated/α-hetero) is 1. The number of imide groups is 1. The summed E-state index contributed by atoms with van der Waals surface area (Å²) in [6.45, 7) is 7.89. The number of aliphatic imine (C=N–C) groups is 1. The predicted molar refractivity (Wildman–Crippen MR) is 232 cm³/mol. The van der Waals surface area contributed by atoms with E-state index < -0.39 is 0 Å². The Morgan fingerprint density at radius 2 is 1.58 bits per heavy atom. The second-order valence-electron chi connectivity index (χ2n) is 16.5. The highest BCUT2D eigenvalue weighted by Gasteiger charge is 2.31. The summed E-state index contributed by atoms with van der Waals surface area (Å²) in [5.74, 6) is 0.914. The summed E-state index contributed by atoms with van der Waals surface area (Å²) < 4.78 is 0. The number of unbranched alkanes of at least 4 members (excludes halogenated alkanes) is 2. The second kappa shape index (κ2) is 21.0. The first-order valence-electron chi connectivity index (χ1n) is 21.9. The van der Waals surface area contributed by atoms with Crippen molar-refractivity contribution in [2.45, 2.75) is 97.3 Å². The van der Waals surface area contributed by atoms with Crippen LogP contribution in [-0.2, 0) is 24.0 Å². The predicted octanol–water partition coefficient (Wildman–Crippen LogP) is 5.95. The van der Waals surface area contributed by atoms with E-state index >= 15 is 0 Å². The lowest BCUT2D eigenvalue weighted by Gasteiger charge is -2.32. The van der Waals surface area contributed by atoms with E-state index in [1.807, 2.05) is 37.0 Å². The van der Waals surface area contributed by atoms with E-state index in [9.17, 15) is 28.8 Å². The minimum atomic E-state index is -0.315. The molecule has 2 fully saturated rings. The number of amidine groups is 1. The normalized spacial score (nSPS) is 19.3. The third-order valence-corrected chi connectivity index (χ3v) is 12.0. The van der Waals surface area contributed by atoms with E-state index in [0.717, 1.165) is 82.0 Å². The summed E-state index contributed by atoms with van der Waals surface area (Å²) in [4.78, 5) is 90.5. The molecule has 2 aromatic rings. The van der Waals surface area contributed by atoms with Crippen LogP contribution in [0.1, 0.15) is 113 Å². The van der Waals surface area contributed by atoms with Crippen molar-refractivity contribution in [3.05, 3.63) is 65.4 Å². The molecule has 0 atom stereocenters. The number of ketones is 1. The third kappa shape index (κ3) is 11.5. The fourth-order valence-electron chi connectivity index (χ4n) is 8.65. The average molecular weight is 821 g/mol. The first kappa shape index (κ1) is 43.9. The Labute approximate surface area is 353 Å². The largest absolute Gasteiger partial charge is 0.387 e. The minimum Gasteiger partial charge on any atom is -0.387 e. The van der Waals surface area contributed by atoms with Gasteiger partial charge in [0.1, 0.15) is 17.4 Å². The number of carbonyl (C=O) groups is 6. The Morgan fingerprint density at radius 3 is 2.25 bits per heavy atom. The molecule has 4 N–H and O–H groups in total. The number of carbonyl (C=O) groups excluding carboxylic acids is 6. The Morgan fingerprint density at radius 1 is 0.867 bits per heavy atom. The van der Waals surface area contributed by atoms with Crippen LogP contribution in [0.15, 0.2) is 59.2 Å². The zero-order chi connectivity index (χ0) is 42.6. The molecule has 320 valence electrons. The standard InChI is InChI=1S/C46H60N8O6/c1-3-22-53(23-4-2)46(60)36-26-34-13-14-35(27-38(34)51-40(47)28-36)45(59)50-37-15-16-41(49-29-37)52-24-19-33(20-25-52)44(58)48-21-7-5-6-8-39(55)32-11-9-31(10-12-32)30-54-42(56)17-18-43(54)57/h13-18,26-27,29,31-33H,3-12,19-25,28,30H2,1-2H3,(H2,47,51)(H,48,58)(H,50,59). The van der Waals surface area contributed by atoms with Crippen LogP contribution in [0, 0.1) is 17.8 Å². The van der Waals surface area contributed by atoms with Gasteiger partial charge in [-0.1, -0.05) is 26.3 Å². The van der Waals surface area contributed by atoms with Crippen LogP contribution in [0.2, 0.25) is 0 Å². The smallest absolute Gasteiger partial charge is 0.255 e. The molecule has 0 unspecified atom stereocenters. The van der Waals surface area contributed by atoms with Gasteiger partial charge in [0, 0.05) is 92.8 Å². The van der Waals surface area contributed by atoms with Gasteiger partial charge < -0.3 is 26.2 Å². The molecule has 0 spiro atoms. The van der Waals surface area contributed by atoms with Gasteiger partial charge in [-0.15, -0.1) is 0 Å². The number of piperidine rings is 1. The lowest BCUT2D eigenvalue weighted by molar-refractivity contribution is -0.138. The van der Waals surface area contributed by atoms with Crippen LogP contribution in [-0.4, -0.2) is 95.2 Å². The molecule has 5 amide bonds. The van der Waals surface area contributed by atoms with E-state index in [-0.39, 0.29) is 53.7 Å². The van der Waals surface area contributed by atoms with E-state index in [2.05, 4.69) is 25.5 Å². The highest BCUT2D eigenvalue weighted by molar-refractivity contribution is 6.13. The van der Waals surface area contributed by atoms with E-state index in [4.69, 9.17) is 5.73 Å². The molecule has 1 saturated carbocycles. The number of benzene rings is 1. The molecule has 0 bridgehead atoms. The zero-order valence-corrected chi connectivity index (χ0v) is 35.1. The molecule has 14 heteroatoms. The molecule has 4 aliphatic rings. The van der Waals surface area contributed by atoms with Crippen molar-refractivity contribution in [3.8, 4) is 0 Å². The summed E-state index contributed by atoms with van der Waals surface area (Å²) in [5, 5.41) is 6.01. The Hall–Kier alpha value is -5.66. The van der Waals surface area contributed by atoms with Crippen molar-refractivity contribution in [2.24, 2.45) is 28.5 Å². The molecule has 1 aliphatic carbocycles. The number of nitrogens with one attached hydrogen (secondary N) is 2. The van der Waals surface area contributed by atoms with Gasteiger partial charge in [0.25, 0.3) is 17.7 Å². The van der Waals surface area contributed by atoms with Gasteiger partial charge in [-0.25, -0.2) is 9.98 Å². The van der Waals surface area contributed by atoms with Crippen molar-refractivity contribution in [1.82, 2.24) is 20.1 Å². The first-order valence-corrected chi connectivity index (χ1v) is 21.9. The summed E-state index contributed by atoms with van der Waals surface area (Å²) in [6.07, 6.45) is 15.9. The van der Waals surface area contributed by atoms with Crippen molar-refractivity contribution in [2.75, 3.05) is 49.5 Å². The van der Waals surface area contributed by atoms with Gasteiger partial charge >= 0.3 is 0 Å². The van der Waals surface area contributed by atoms with E-state index in [0.29, 0.717) is 79.8 Å². The summed E-state index contributed by atoms with van der Waals surface area (Å²) in [7, 11) is 0. The average Bonchev–Trinajstić information content (AvgIpc) is 3.46. The number of nitrogens with zero attached hydrogens (tertiary/aromatic N) is 5. The highest BCUT2D eigenvalue weighted by atomic mass is 16.2. The molecule has 60 heavy (non-hydrogen) atoms. The van der Waals surface area contributed by atoms with Crippen molar-refractivity contribution in [1.29, 1.82) is 0 Å². The maximum Gasteiger partial charge on any atom is 0.255 e. The zero-order valence-electron chi connectivity index (χ0n) is 35.1. The molecule has 1 saturated heterocycles. The SMILES string of the molecule is CCCN(CCC)C(=O)C1=Cc2ccc(C(=O)Nc3ccc(N4CCC(C(=O)NCCCCCC(=O)C5CCC(CN6C(=O)C=CC6=O)CC5)CC4)nc3)cc2N=C(N)C1. The maximum absolute atomic E-state index is 13.3. The van der Waals surface area contributed by atoms with E-state index in [1.54, 1.807) is 24.4 Å². The number of anilines is 2. The van der Waals surface area contributed by atoms with Crippen LogP contribution in [0.5, 0.6) is 0 Å². The molecule has 6 rings (SSSR count). The minimum absolute atomic E-state index is 0.0388. The highest BCUT2D eigenvalue weighted by Crippen LogP contribution is 2.32. The number of hydrogen-bond donors (Lipinski definition) is 3. The number of rotatable bonds is 18. The lowest BCUT2D eigenvalue weighted by atomic mass is 9.79. The molecule has 3 aliphatic heterocycles. The fraction of sp³-hybridized carbons (Fsp3) is 0.522. The van der Waals surface area contributed by atoms with Gasteiger partial charge in [0.15, 0.2) is 0 Å². The number of amides is 5. The molecule has 14 nitrogen and oxygen atoms in total. The summed E-state index contributed by atoms with van der Waals surface area (Å²) in [6, 6.07) is 8.88. The fourth-order valence-corrected chi connectivity index (χ4v) is 8.65. The summed E-state index contributed by atoms with van der Waals surface area (Å²) >= 11 is 0. The van der Waals surface area contributed by atoms with Gasteiger partial charge in [0.2, 0.25) is 11.8 Å². The van der Waals surface area contributed by atoms with Crippen molar-refractivity contribution >= 4 is 64.4 Å². The molecule has 4 heterocycles. The molecular weight excluding hydrogens is 761 g/mol. The molecule has 0 radical (unpaired) electrons. The van der Waals surface area contributed by atoms with Gasteiger partial charge in [-0.3, -0.25) is 33.7 Å². The van der Waals surface area contributed by atoms with Crippen molar-refractivity contribution < 1.29 is 28.8 Å². The third-order valence-electron chi connectivity index (χ3n) is 12.0. The van der Waals surface area contributed by atoms with Crippen LogP contribution in [0.4, 0.5) is 17.2 Å². The lowest BCUT2D eigenvalue weighted by Crippen LogP contribution is -2.41. The Kier molecular flexibility index (Phi) is 15.4. The Bertz CT molecular complexity index is 1970. The molecule has 1 aromatic heterocycles. The van der Waals surface area contributed by atoms with Crippen LogP contribution >= 0.6 is 0 Å². The van der Waals surface area contributed by atoms with Crippen LogP contribution in [0.3, 0.4) is 0 Å². The van der Waals surface area contributed by atoms with E-state index in [1.165, 1.54) is 17.1 Å².